The SMILES string of the molecule is C=C(C)C(=C)C(C/C=C\C)C(=C)C. The van der Waals surface area contributed by atoms with Crippen molar-refractivity contribution in [2.45, 2.75) is 27.2 Å². The highest BCUT2D eigenvalue weighted by Gasteiger charge is 2.11. The molecule has 0 aliphatic carbocycles. The second kappa shape index (κ2) is 5.58. The highest BCUT2D eigenvalue weighted by molar-refractivity contribution is 5.31. The second-order valence-electron chi connectivity index (χ2n) is 3.51. The molecule has 0 aliphatic rings. The molecular formula is C13H20. The van der Waals surface area contributed by atoms with Crippen LogP contribution in [0.1, 0.15) is 27.2 Å². The third kappa shape index (κ3) is 3.93. The molecule has 0 amide bonds. The van der Waals surface area contributed by atoms with Gasteiger partial charge in [-0.2, -0.15) is 0 Å². The molecule has 13 heavy (non-hydrogen) atoms. The first-order chi connectivity index (χ1) is 6.00. The molecule has 1 unspecified atom stereocenters. The molecule has 0 aromatic heterocycles. The van der Waals surface area contributed by atoms with Crippen LogP contribution < -0.4 is 0 Å². The van der Waals surface area contributed by atoms with Crippen molar-refractivity contribution in [2.75, 3.05) is 0 Å². The summed E-state index contributed by atoms with van der Waals surface area (Å²) in [6, 6.07) is 0. The smallest absolute Gasteiger partial charge is 0.00737 e. The second-order valence-corrected chi connectivity index (χ2v) is 3.51. The third-order valence-electron chi connectivity index (χ3n) is 2.17. The van der Waals surface area contributed by atoms with Gasteiger partial charge in [0.1, 0.15) is 0 Å². The minimum absolute atomic E-state index is 0.355. The van der Waals surface area contributed by atoms with Gasteiger partial charge >= 0.3 is 0 Å². The van der Waals surface area contributed by atoms with Crippen molar-refractivity contribution in [1.29, 1.82) is 0 Å². The summed E-state index contributed by atoms with van der Waals surface area (Å²) in [5, 5.41) is 0. The highest BCUT2D eigenvalue weighted by Crippen LogP contribution is 2.26. The molecule has 0 bridgehead atoms. The van der Waals surface area contributed by atoms with Crippen LogP contribution in [0.15, 0.2) is 48.6 Å². The van der Waals surface area contributed by atoms with Crippen LogP contribution in [0, 0.1) is 5.92 Å². The summed E-state index contributed by atoms with van der Waals surface area (Å²) in [6.45, 7) is 18.0. The monoisotopic (exact) mass is 176 g/mol. The first-order valence-corrected chi connectivity index (χ1v) is 4.62. The average Bonchev–Trinajstić information content (AvgIpc) is 2.04. The summed E-state index contributed by atoms with van der Waals surface area (Å²) in [7, 11) is 0. The molecule has 0 heteroatoms. The first-order valence-electron chi connectivity index (χ1n) is 4.62. The van der Waals surface area contributed by atoms with Crippen LogP contribution in [0.2, 0.25) is 0 Å². The molecule has 0 radical (unpaired) electrons. The van der Waals surface area contributed by atoms with E-state index in [9.17, 15) is 0 Å². The van der Waals surface area contributed by atoms with Gasteiger partial charge in [0.25, 0.3) is 0 Å². The molecule has 0 aromatic rings. The van der Waals surface area contributed by atoms with Crippen molar-refractivity contribution in [2.24, 2.45) is 5.92 Å². The molecule has 0 saturated heterocycles. The first kappa shape index (κ1) is 12.0. The van der Waals surface area contributed by atoms with E-state index in [1.165, 1.54) is 0 Å². The van der Waals surface area contributed by atoms with E-state index in [4.69, 9.17) is 0 Å². The van der Waals surface area contributed by atoms with Gasteiger partial charge in [-0.3, -0.25) is 0 Å². The Morgan fingerprint density at radius 1 is 1.23 bits per heavy atom. The van der Waals surface area contributed by atoms with E-state index in [-0.39, 0.29) is 0 Å². The van der Waals surface area contributed by atoms with Crippen molar-refractivity contribution in [3.63, 3.8) is 0 Å². The zero-order valence-electron chi connectivity index (χ0n) is 9.06. The fourth-order valence-electron chi connectivity index (χ4n) is 1.21. The van der Waals surface area contributed by atoms with E-state index in [0.717, 1.165) is 23.1 Å². The Balaban J connectivity index is 4.51. The fourth-order valence-corrected chi connectivity index (χ4v) is 1.21. The van der Waals surface area contributed by atoms with Gasteiger partial charge in [-0.25, -0.2) is 0 Å². The van der Waals surface area contributed by atoms with E-state index >= 15 is 0 Å². The van der Waals surface area contributed by atoms with Crippen LogP contribution >= 0.6 is 0 Å². The van der Waals surface area contributed by atoms with Crippen LogP contribution in [-0.4, -0.2) is 0 Å². The predicted octanol–water partition coefficient (Wildman–Crippen LogP) is 4.28. The molecule has 0 aliphatic heterocycles. The Bertz CT molecular complexity index is 241. The maximum atomic E-state index is 4.03. The molecule has 0 nitrogen and oxygen atoms in total. The van der Waals surface area contributed by atoms with Gasteiger partial charge < -0.3 is 0 Å². The van der Waals surface area contributed by atoms with E-state index in [1.807, 2.05) is 20.8 Å². The van der Waals surface area contributed by atoms with E-state index in [0.29, 0.717) is 5.92 Å². The van der Waals surface area contributed by atoms with Crippen LogP contribution in [0.3, 0.4) is 0 Å². The van der Waals surface area contributed by atoms with Gasteiger partial charge in [0.15, 0.2) is 0 Å². The Labute approximate surface area is 82.4 Å². The molecule has 72 valence electrons. The number of allylic oxidation sites excluding steroid dienone is 5. The van der Waals surface area contributed by atoms with Gasteiger partial charge in [-0.15, -0.1) is 0 Å². The topological polar surface area (TPSA) is 0 Å². The summed E-state index contributed by atoms with van der Waals surface area (Å²) in [5.41, 5.74) is 3.31. The molecule has 0 saturated carbocycles. The standard InChI is InChI=1S/C13H20/c1-7-8-9-13(11(4)5)12(6)10(2)3/h7-8,13H,2,4,6,9H2,1,3,5H3/b8-7-. The lowest BCUT2D eigenvalue weighted by Crippen LogP contribution is -2.04. The number of hydrogen-bond acceptors (Lipinski definition) is 0. The predicted molar refractivity (Wildman–Crippen MR) is 61.7 cm³/mol. The summed E-state index contributed by atoms with van der Waals surface area (Å²) in [6.07, 6.45) is 5.19. The molecule has 0 spiro atoms. The maximum Gasteiger partial charge on any atom is 0.00737 e. The van der Waals surface area contributed by atoms with Crippen LogP contribution in [0.4, 0.5) is 0 Å². The lowest BCUT2D eigenvalue weighted by molar-refractivity contribution is 0.738. The van der Waals surface area contributed by atoms with Gasteiger partial charge in [0.05, 0.1) is 0 Å². The fraction of sp³-hybridized carbons (Fsp3) is 0.385. The molecule has 0 rings (SSSR count). The lowest BCUT2D eigenvalue weighted by Gasteiger charge is -2.18. The van der Waals surface area contributed by atoms with Crippen LogP contribution in [0.25, 0.3) is 0 Å². The Morgan fingerprint density at radius 2 is 1.77 bits per heavy atom. The van der Waals surface area contributed by atoms with Gasteiger partial charge in [0, 0.05) is 5.92 Å². The normalized spacial score (nSPS) is 12.8. The lowest BCUT2D eigenvalue weighted by atomic mass is 9.87. The minimum Gasteiger partial charge on any atom is -0.0995 e. The molecular weight excluding hydrogens is 156 g/mol. The summed E-state index contributed by atoms with van der Waals surface area (Å²) < 4.78 is 0. The average molecular weight is 176 g/mol. The largest absolute Gasteiger partial charge is 0.0995 e. The highest BCUT2D eigenvalue weighted by atomic mass is 14.2. The number of rotatable bonds is 5. The van der Waals surface area contributed by atoms with E-state index in [1.54, 1.807) is 0 Å². The van der Waals surface area contributed by atoms with Gasteiger partial charge in [0.2, 0.25) is 0 Å². The molecule has 1 atom stereocenters. The van der Waals surface area contributed by atoms with Gasteiger partial charge in [-0.05, 0) is 32.8 Å². The molecule has 0 aromatic carbocycles. The van der Waals surface area contributed by atoms with E-state index in [2.05, 4.69) is 31.9 Å². The third-order valence-corrected chi connectivity index (χ3v) is 2.17. The maximum absolute atomic E-state index is 4.03. The van der Waals surface area contributed by atoms with Crippen LogP contribution in [0.5, 0.6) is 0 Å². The molecule has 0 heterocycles. The zero-order valence-corrected chi connectivity index (χ0v) is 9.06. The van der Waals surface area contributed by atoms with Crippen molar-refractivity contribution in [3.8, 4) is 0 Å². The number of hydrogen-bond donors (Lipinski definition) is 0. The Hall–Kier alpha value is -1.04. The Kier molecular flexibility index (Phi) is 5.13. The van der Waals surface area contributed by atoms with Crippen molar-refractivity contribution < 1.29 is 0 Å². The van der Waals surface area contributed by atoms with Crippen LogP contribution in [-0.2, 0) is 0 Å². The summed E-state index contributed by atoms with van der Waals surface area (Å²) in [4.78, 5) is 0. The van der Waals surface area contributed by atoms with Crippen molar-refractivity contribution in [3.05, 3.63) is 48.6 Å². The summed E-state index contributed by atoms with van der Waals surface area (Å²) in [5.74, 6) is 0.355. The van der Waals surface area contributed by atoms with Crippen molar-refractivity contribution in [1.82, 2.24) is 0 Å². The summed E-state index contributed by atoms with van der Waals surface area (Å²) >= 11 is 0. The zero-order chi connectivity index (χ0) is 10.4. The minimum atomic E-state index is 0.355. The van der Waals surface area contributed by atoms with Gasteiger partial charge in [-0.1, -0.05) is 43.0 Å². The molecule has 0 N–H and O–H groups in total. The Morgan fingerprint density at radius 3 is 2.08 bits per heavy atom. The van der Waals surface area contributed by atoms with Crippen molar-refractivity contribution >= 4 is 0 Å². The molecule has 0 fully saturated rings. The quantitative estimate of drug-likeness (QED) is 0.433. The van der Waals surface area contributed by atoms with E-state index < -0.39 is 0 Å².